The Balaban J connectivity index is 1.54. The van der Waals surface area contributed by atoms with E-state index in [0.29, 0.717) is 18.3 Å². The van der Waals surface area contributed by atoms with Crippen molar-refractivity contribution in [2.45, 2.75) is 57.7 Å². The lowest BCUT2D eigenvalue weighted by molar-refractivity contribution is -0.199. The Labute approximate surface area is 153 Å². The summed E-state index contributed by atoms with van der Waals surface area (Å²) >= 11 is 0. The third-order valence-corrected chi connectivity index (χ3v) is 6.89. The Morgan fingerprint density at radius 3 is 2.65 bits per heavy atom. The smallest absolute Gasteiger partial charge is 0.448 e. The van der Waals surface area contributed by atoms with E-state index in [1.165, 1.54) is 12.1 Å². The van der Waals surface area contributed by atoms with Gasteiger partial charge in [0.15, 0.2) is 0 Å². The van der Waals surface area contributed by atoms with Gasteiger partial charge in [0, 0.05) is 6.42 Å². The first-order chi connectivity index (χ1) is 12.2. The maximum Gasteiger partial charge on any atom is 0.502 e. The van der Waals surface area contributed by atoms with E-state index in [-0.39, 0.29) is 22.9 Å². The highest BCUT2D eigenvalue weighted by molar-refractivity contribution is 6.47. The van der Waals surface area contributed by atoms with Crippen molar-refractivity contribution in [2.75, 3.05) is 0 Å². The summed E-state index contributed by atoms with van der Waals surface area (Å²) in [6.07, 6.45) is 1.59. The normalized spacial score (nSPS) is 35.4. The van der Waals surface area contributed by atoms with Crippen LogP contribution in [0, 0.1) is 23.1 Å². The van der Waals surface area contributed by atoms with Gasteiger partial charge >= 0.3 is 13.2 Å². The summed E-state index contributed by atoms with van der Waals surface area (Å²) in [5.41, 5.74) is 5.95. The Kier molecular flexibility index (Phi) is 4.08. The molecule has 2 N–H and O–H groups in total. The molecule has 0 aromatic heterocycles. The Hall–Kier alpha value is -1.60. The number of hydrogen-bond donors (Lipinski definition) is 1. The third kappa shape index (κ3) is 2.72. The number of amides is 1. The number of nitrogens with two attached hydrogens (primary N) is 1. The molecule has 2 bridgehead atoms. The number of carbonyl (C=O) groups is 1. The summed E-state index contributed by atoms with van der Waals surface area (Å²) in [4.78, 5) is 11.4. The molecule has 4 aliphatic rings. The zero-order valence-electron chi connectivity index (χ0n) is 15.4. The van der Waals surface area contributed by atoms with Crippen LogP contribution in [0.15, 0.2) is 24.3 Å². The molecule has 5 rings (SSSR count). The number of rotatable bonds is 4. The second-order valence-electron chi connectivity index (χ2n) is 8.64. The highest BCUT2D eigenvalue weighted by Gasteiger charge is 2.68. The Bertz CT molecular complexity index is 712. The highest BCUT2D eigenvalue weighted by atomic mass is 19.1. The molecule has 1 saturated heterocycles. The minimum atomic E-state index is -0.867. The maximum absolute atomic E-state index is 13.2. The molecule has 0 radical (unpaired) electrons. The second-order valence-corrected chi connectivity index (χ2v) is 8.64. The van der Waals surface area contributed by atoms with Crippen LogP contribution in [-0.2, 0) is 20.5 Å². The van der Waals surface area contributed by atoms with E-state index in [0.717, 1.165) is 18.4 Å². The van der Waals surface area contributed by atoms with Crippen molar-refractivity contribution in [1.29, 1.82) is 0 Å². The number of benzene rings is 1. The van der Waals surface area contributed by atoms with E-state index in [1.54, 1.807) is 12.1 Å². The maximum atomic E-state index is 13.2. The average molecular weight is 361 g/mol. The van der Waals surface area contributed by atoms with Crippen LogP contribution in [0.2, 0.25) is 0 Å². The summed E-state index contributed by atoms with van der Waals surface area (Å²) in [5.74, 6) is 0.749. The van der Waals surface area contributed by atoms with Crippen LogP contribution in [0.3, 0.4) is 0 Å². The van der Waals surface area contributed by atoms with Crippen molar-refractivity contribution in [1.82, 2.24) is 0 Å². The molecule has 1 unspecified atom stereocenters. The fourth-order valence-corrected chi connectivity index (χ4v) is 5.25. The molecule has 1 aliphatic heterocycles. The van der Waals surface area contributed by atoms with Gasteiger partial charge in [-0.15, -0.1) is 0 Å². The molecule has 5 nitrogen and oxygen atoms in total. The van der Waals surface area contributed by atoms with Crippen LogP contribution in [0.4, 0.5) is 9.18 Å². The van der Waals surface area contributed by atoms with E-state index in [9.17, 15) is 9.18 Å². The summed E-state index contributed by atoms with van der Waals surface area (Å²) < 4.78 is 31.0. The van der Waals surface area contributed by atoms with Crippen LogP contribution in [0.1, 0.15) is 39.2 Å². The molecule has 26 heavy (non-hydrogen) atoms. The van der Waals surface area contributed by atoms with Gasteiger partial charge in [0.1, 0.15) is 11.8 Å². The third-order valence-electron chi connectivity index (χ3n) is 6.89. The quantitative estimate of drug-likeness (QED) is 0.837. The molecule has 1 heterocycles. The van der Waals surface area contributed by atoms with Gasteiger partial charge in [0.2, 0.25) is 0 Å². The number of primary amides is 1. The highest BCUT2D eigenvalue weighted by Crippen LogP contribution is 2.65. The van der Waals surface area contributed by atoms with Crippen molar-refractivity contribution in [2.24, 2.45) is 23.0 Å². The molecule has 3 aliphatic carbocycles. The summed E-state index contributed by atoms with van der Waals surface area (Å²) in [6.45, 7) is 6.69. The molecule has 0 spiro atoms. The van der Waals surface area contributed by atoms with Gasteiger partial charge < -0.3 is 19.8 Å². The van der Waals surface area contributed by atoms with Crippen LogP contribution >= 0.6 is 0 Å². The number of halogens is 1. The number of ether oxygens (including phenoxy) is 1. The molecule has 140 valence electrons. The standard InChI is InChI=1S/C19H25BFNO4/c1-18(2)12-9-14(18)19(3)15(10-12)25-20(26-19)16(24-17(22)23)8-11-4-6-13(21)7-5-11/h4-7,12,14-16H,8-10H2,1-3H3,(H2,22,23)/t12-,14-,15+,16?,19-/m0/s1. The minimum Gasteiger partial charge on any atom is -0.448 e. The van der Waals surface area contributed by atoms with Crippen LogP contribution in [0.5, 0.6) is 0 Å². The molecule has 1 amide bonds. The number of hydrogen-bond acceptors (Lipinski definition) is 4. The predicted molar refractivity (Wildman–Crippen MR) is 94.7 cm³/mol. The molecule has 5 atom stereocenters. The lowest BCUT2D eigenvalue weighted by Gasteiger charge is -2.64. The van der Waals surface area contributed by atoms with E-state index < -0.39 is 19.2 Å². The predicted octanol–water partition coefficient (Wildman–Crippen LogP) is 3.10. The van der Waals surface area contributed by atoms with Crippen molar-refractivity contribution in [3.05, 3.63) is 35.6 Å². The van der Waals surface area contributed by atoms with Gasteiger partial charge in [-0.2, -0.15) is 0 Å². The largest absolute Gasteiger partial charge is 0.502 e. The summed E-state index contributed by atoms with van der Waals surface area (Å²) in [5, 5.41) is 0. The van der Waals surface area contributed by atoms with Gasteiger partial charge in [0.25, 0.3) is 0 Å². The first kappa shape index (κ1) is 17.8. The van der Waals surface area contributed by atoms with Crippen LogP contribution < -0.4 is 5.73 Å². The average Bonchev–Trinajstić information content (AvgIpc) is 2.92. The lowest BCUT2D eigenvalue weighted by Crippen LogP contribution is -2.65. The van der Waals surface area contributed by atoms with E-state index >= 15 is 0 Å². The van der Waals surface area contributed by atoms with Crippen LogP contribution in [0.25, 0.3) is 0 Å². The van der Waals surface area contributed by atoms with Gasteiger partial charge in [0.05, 0.1) is 11.7 Å². The first-order valence-corrected chi connectivity index (χ1v) is 9.24. The number of carbonyl (C=O) groups excluding carboxylic acids is 1. The zero-order valence-corrected chi connectivity index (χ0v) is 15.4. The fourth-order valence-electron chi connectivity index (χ4n) is 5.25. The van der Waals surface area contributed by atoms with Crippen molar-refractivity contribution in [3.63, 3.8) is 0 Å². The molecular formula is C19H25BFNO4. The topological polar surface area (TPSA) is 70.8 Å². The minimum absolute atomic E-state index is 0.00327. The van der Waals surface area contributed by atoms with Gasteiger partial charge in [-0.1, -0.05) is 26.0 Å². The van der Waals surface area contributed by atoms with Gasteiger partial charge in [-0.3, -0.25) is 0 Å². The van der Waals surface area contributed by atoms with Crippen molar-refractivity contribution >= 4 is 13.2 Å². The Morgan fingerprint density at radius 1 is 1.35 bits per heavy atom. The van der Waals surface area contributed by atoms with Gasteiger partial charge in [-0.25, -0.2) is 9.18 Å². The van der Waals surface area contributed by atoms with E-state index in [4.69, 9.17) is 19.8 Å². The molecule has 7 heteroatoms. The van der Waals surface area contributed by atoms with E-state index in [2.05, 4.69) is 20.8 Å². The monoisotopic (exact) mass is 361 g/mol. The second kappa shape index (κ2) is 5.96. The summed E-state index contributed by atoms with van der Waals surface area (Å²) in [6, 6.07) is 5.42. The lowest BCUT2D eigenvalue weighted by atomic mass is 9.43. The van der Waals surface area contributed by atoms with Crippen molar-refractivity contribution in [3.8, 4) is 0 Å². The Morgan fingerprint density at radius 2 is 2.04 bits per heavy atom. The molecule has 4 fully saturated rings. The fraction of sp³-hybridized carbons (Fsp3) is 0.632. The van der Waals surface area contributed by atoms with Crippen molar-refractivity contribution < 1.29 is 23.2 Å². The summed E-state index contributed by atoms with van der Waals surface area (Å²) in [7, 11) is -0.669. The molecule has 3 saturated carbocycles. The zero-order chi connectivity index (χ0) is 18.7. The molecular weight excluding hydrogens is 336 g/mol. The van der Waals surface area contributed by atoms with Gasteiger partial charge in [-0.05, 0) is 54.7 Å². The molecule has 1 aromatic rings. The molecule has 1 aromatic carbocycles. The van der Waals surface area contributed by atoms with Crippen LogP contribution in [-0.4, -0.2) is 30.9 Å². The van der Waals surface area contributed by atoms with E-state index in [1.807, 2.05) is 0 Å². The SMILES string of the molecule is CC1(C)[C@@H]2C[C@H]3OB(C(Cc4ccc(F)cc4)OC(N)=O)O[C@@]3(C)[C@H]1C2. The first-order valence-electron chi connectivity index (χ1n) is 9.24.